The molecule has 2 N–H and O–H groups in total. The number of carbonyl (C=O) groups is 2. The van der Waals surface area contributed by atoms with E-state index in [0.717, 1.165) is 0 Å². The highest BCUT2D eigenvalue weighted by molar-refractivity contribution is 5.94. The van der Waals surface area contributed by atoms with Gasteiger partial charge in [-0.25, -0.2) is 0 Å². The smallest absolute Gasteiger partial charge is 0.265 e. The molecule has 0 fully saturated rings. The van der Waals surface area contributed by atoms with Crippen LogP contribution in [0.2, 0.25) is 0 Å². The minimum atomic E-state index is -0.698. The summed E-state index contributed by atoms with van der Waals surface area (Å²) in [4.78, 5) is 23.2. The van der Waals surface area contributed by atoms with Gasteiger partial charge in [0.2, 0.25) is 5.91 Å². The predicted octanol–water partition coefficient (Wildman–Crippen LogP) is 3.06. The largest absolute Gasteiger partial charge is 0.493 e. The molecule has 0 spiro atoms. The molecule has 0 aliphatic rings. The Morgan fingerprint density at radius 2 is 1.46 bits per heavy atom. The van der Waals surface area contributed by atoms with Crippen LogP contribution in [0.4, 0.5) is 11.4 Å². The Morgan fingerprint density at radius 3 is 2.00 bits per heavy atom. The average molecular weight is 328 g/mol. The second-order valence-electron chi connectivity index (χ2n) is 5.16. The van der Waals surface area contributed by atoms with Gasteiger partial charge in [-0.2, -0.15) is 0 Å². The van der Waals surface area contributed by atoms with Gasteiger partial charge >= 0.3 is 0 Å². The number of rotatable bonds is 6. The van der Waals surface area contributed by atoms with E-state index in [1.54, 1.807) is 50.4 Å². The third-order valence-corrected chi connectivity index (χ3v) is 3.21. The lowest BCUT2D eigenvalue weighted by atomic mass is 10.2. The van der Waals surface area contributed by atoms with Gasteiger partial charge in [0.25, 0.3) is 5.91 Å². The van der Waals surface area contributed by atoms with E-state index in [1.165, 1.54) is 6.92 Å². The van der Waals surface area contributed by atoms with Gasteiger partial charge < -0.3 is 20.1 Å². The number of ether oxygens (including phenoxy) is 2. The Balaban J connectivity index is 1.97. The Morgan fingerprint density at radius 1 is 0.917 bits per heavy atom. The van der Waals surface area contributed by atoms with E-state index in [0.29, 0.717) is 22.9 Å². The molecule has 1 unspecified atom stereocenters. The van der Waals surface area contributed by atoms with Gasteiger partial charge in [-0.1, -0.05) is 12.1 Å². The molecule has 126 valence electrons. The number of hydrogen-bond donors (Lipinski definition) is 2. The van der Waals surface area contributed by atoms with Crippen molar-refractivity contribution in [2.45, 2.75) is 20.0 Å². The fourth-order valence-corrected chi connectivity index (χ4v) is 2.04. The number of benzene rings is 2. The maximum absolute atomic E-state index is 12.2. The average Bonchev–Trinajstić information content (AvgIpc) is 2.56. The first-order chi connectivity index (χ1) is 11.5. The summed E-state index contributed by atoms with van der Waals surface area (Å²) >= 11 is 0. The molecular weight excluding hydrogens is 308 g/mol. The molecule has 2 aromatic carbocycles. The summed E-state index contributed by atoms with van der Waals surface area (Å²) in [5.74, 6) is 0.638. The van der Waals surface area contributed by atoms with E-state index in [4.69, 9.17) is 9.47 Å². The lowest BCUT2D eigenvalue weighted by Crippen LogP contribution is -2.30. The SMILES string of the molecule is COc1ccccc1OC(C)C(=O)Nc1ccc(NC(C)=O)cc1. The van der Waals surface area contributed by atoms with Crippen molar-refractivity contribution in [3.63, 3.8) is 0 Å². The molecule has 2 rings (SSSR count). The lowest BCUT2D eigenvalue weighted by Gasteiger charge is -2.16. The fraction of sp³-hybridized carbons (Fsp3) is 0.222. The van der Waals surface area contributed by atoms with Gasteiger partial charge in [-0.3, -0.25) is 9.59 Å². The normalized spacial score (nSPS) is 11.3. The Hall–Kier alpha value is -3.02. The molecule has 1 atom stereocenters. The van der Waals surface area contributed by atoms with Crippen LogP contribution in [0.25, 0.3) is 0 Å². The summed E-state index contributed by atoms with van der Waals surface area (Å²) in [6.07, 6.45) is -0.698. The van der Waals surface area contributed by atoms with Crippen LogP contribution in [0, 0.1) is 0 Å². The first kappa shape index (κ1) is 17.3. The van der Waals surface area contributed by atoms with E-state index < -0.39 is 6.10 Å². The molecule has 6 nitrogen and oxygen atoms in total. The Labute approximate surface area is 140 Å². The Bertz CT molecular complexity index is 713. The number of nitrogens with one attached hydrogen (secondary N) is 2. The maximum Gasteiger partial charge on any atom is 0.265 e. The molecule has 0 aliphatic carbocycles. The van der Waals surface area contributed by atoms with Crippen LogP contribution in [0.5, 0.6) is 11.5 Å². The van der Waals surface area contributed by atoms with E-state index in [9.17, 15) is 9.59 Å². The van der Waals surface area contributed by atoms with Crippen LogP contribution in [-0.4, -0.2) is 25.0 Å². The van der Waals surface area contributed by atoms with Gasteiger partial charge in [0.1, 0.15) is 0 Å². The highest BCUT2D eigenvalue weighted by atomic mass is 16.5. The van der Waals surface area contributed by atoms with Crippen molar-refractivity contribution in [1.29, 1.82) is 0 Å². The van der Waals surface area contributed by atoms with Crippen molar-refractivity contribution in [2.24, 2.45) is 0 Å². The molecule has 0 saturated heterocycles. The standard InChI is InChI=1S/C18H20N2O4/c1-12(24-17-7-5-4-6-16(17)23-3)18(22)20-15-10-8-14(9-11-15)19-13(2)21/h4-12H,1-3H3,(H,19,21)(H,20,22). The van der Waals surface area contributed by atoms with Crippen molar-refractivity contribution in [3.05, 3.63) is 48.5 Å². The van der Waals surface area contributed by atoms with Gasteiger partial charge in [-0.15, -0.1) is 0 Å². The number of methoxy groups -OCH3 is 1. The molecular formula is C18H20N2O4. The molecule has 2 aromatic rings. The van der Waals surface area contributed by atoms with Crippen molar-refractivity contribution in [3.8, 4) is 11.5 Å². The van der Waals surface area contributed by atoms with Crippen molar-refractivity contribution < 1.29 is 19.1 Å². The minimum Gasteiger partial charge on any atom is -0.493 e. The van der Waals surface area contributed by atoms with Crippen molar-refractivity contribution >= 4 is 23.2 Å². The maximum atomic E-state index is 12.2. The van der Waals surface area contributed by atoms with Crippen molar-refractivity contribution in [2.75, 3.05) is 17.7 Å². The summed E-state index contributed by atoms with van der Waals surface area (Å²) in [7, 11) is 1.55. The van der Waals surface area contributed by atoms with E-state index in [-0.39, 0.29) is 11.8 Å². The lowest BCUT2D eigenvalue weighted by molar-refractivity contribution is -0.122. The van der Waals surface area contributed by atoms with Gasteiger partial charge in [0, 0.05) is 18.3 Å². The molecule has 0 heterocycles. The van der Waals surface area contributed by atoms with Gasteiger partial charge in [0.05, 0.1) is 7.11 Å². The van der Waals surface area contributed by atoms with Crippen LogP contribution in [-0.2, 0) is 9.59 Å². The number of hydrogen-bond acceptors (Lipinski definition) is 4. The molecule has 0 radical (unpaired) electrons. The predicted molar refractivity (Wildman–Crippen MR) is 92.5 cm³/mol. The van der Waals surface area contributed by atoms with E-state index in [1.807, 2.05) is 12.1 Å². The molecule has 24 heavy (non-hydrogen) atoms. The molecule has 2 amide bonds. The molecule has 0 aliphatic heterocycles. The van der Waals surface area contributed by atoms with Gasteiger partial charge in [0.15, 0.2) is 17.6 Å². The number of amides is 2. The zero-order valence-corrected chi connectivity index (χ0v) is 13.8. The molecule has 0 bridgehead atoms. The second-order valence-corrected chi connectivity index (χ2v) is 5.16. The minimum absolute atomic E-state index is 0.148. The fourth-order valence-electron chi connectivity index (χ4n) is 2.04. The van der Waals surface area contributed by atoms with Crippen LogP contribution >= 0.6 is 0 Å². The van der Waals surface area contributed by atoms with E-state index in [2.05, 4.69) is 10.6 Å². The first-order valence-electron chi connectivity index (χ1n) is 7.48. The number of para-hydroxylation sites is 2. The third-order valence-electron chi connectivity index (χ3n) is 3.21. The molecule has 6 heteroatoms. The zero-order chi connectivity index (χ0) is 17.5. The number of carbonyl (C=O) groups excluding carboxylic acids is 2. The van der Waals surface area contributed by atoms with Crippen molar-refractivity contribution in [1.82, 2.24) is 0 Å². The highest BCUT2D eigenvalue weighted by Crippen LogP contribution is 2.27. The quantitative estimate of drug-likeness (QED) is 0.854. The zero-order valence-electron chi connectivity index (χ0n) is 13.8. The second kappa shape index (κ2) is 8.01. The van der Waals surface area contributed by atoms with Crippen LogP contribution in [0.15, 0.2) is 48.5 Å². The summed E-state index contributed by atoms with van der Waals surface area (Å²) in [5.41, 5.74) is 1.28. The summed E-state index contributed by atoms with van der Waals surface area (Å²) in [5, 5.41) is 5.43. The third kappa shape index (κ3) is 4.74. The number of anilines is 2. The summed E-state index contributed by atoms with van der Waals surface area (Å²) in [6.45, 7) is 3.10. The van der Waals surface area contributed by atoms with Gasteiger partial charge in [-0.05, 0) is 43.3 Å². The Kier molecular flexibility index (Phi) is 5.78. The van der Waals surface area contributed by atoms with E-state index >= 15 is 0 Å². The monoisotopic (exact) mass is 328 g/mol. The first-order valence-corrected chi connectivity index (χ1v) is 7.48. The highest BCUT2D eigenvalue weighted by Gasteiger charge is 2.16. The van der Waals surface area contributed by atoms with Crippen LogP contribution in [0.3, 0.4) is 0 Å². The van der Waals surface area contributed by atoms with Crippen LogP contribution in [0.1, 0.15) is 13.8 Å². The summed E-state index contributed by atoms with van der Waals surface area (Å²) < 4.78 is 10.9. The molecule has 0 aromatic heterocycles. The summed E-state index contributed by atoms with van der Waals surface area (Å²) in [6, 6.07) is 14.0. The topological polar surface area (TPSA) is 76.7 Å². The van der Waals surface area contributed by atoms with Crippen LogP contribution < -0.4 is 20.1 Å². The molecule has 0 saturated carbocycles.